The number of benzene rings is 1. The fourth-order valence-corrected chi connectivity index (χ4v) is 3.75. The molecule has 0 aliphatic carbocycles. The molecule has 0 N–H and O–H groups in total. The lowest BCUT2D eigenvalue weighted by Crippen LogP contribution is -2.17. The zero-order valence-corrected chi connectivity index (χ0v) is 15.5. The third-order valence-electron chi connectivity index (χ3n) is 4.25. The number of thiazole rings is 1. The molecule has 0 spiro atoms. The number of nitrogens with zero attached hydrogens (tertiary/aromatic N) is 4. The number of aromatic nitrogens is 2. The van der Waals surface area contributed by atoms with Gasteiger partial charge in [-0.05, 0) is 37.1 Å². The van der Waals surface area contributed by atoms with E-state index >= 15 is 0 Å². The second-order valence-corrected chi connectivity index (χ2v) is 7.04. The lowest BCUT2D eigenvalue weighted by Gasteiger charge is -2.05. The maximum absolute atomic E-state index is 13.7. The summed E-state index contributed by atoms with van der Waals surface area (Å²) in [5.74, 6) is -0.281. The Morgan fingerprint density at radius 3 is 3.04 bits per heavy atom. The molecule has 1 atom stereocenters. The average molecular weight is 382 g/mol. The monoisotopic (exact) mass is 382 g/mol. The van der Waals surface area contributed by atoms with Gasteiger partial charge in [0.1, 0.15) is 5.82 Å². The molecule has 1 aliphatic heterocycles. The first-order chi connectivity index (χ1) is 13.3. The van der Waals surface area contributed by atoms with Gasteiger partial charge in [-0.2, -0.15) is 5.10 Å². The van der Waals surface area contributed by atoms with Gasteiger partial charge in [0.15, 0.2) is 0 Å². The number of rotatable bonds is 5. The van der Waals surface area contributed by atoms with Gasteiger partial charge in [-0.25, -0.2) is 9.07 Å². The first-order valence-electron chi connectivity index (χ1n) is 8.83. The van der Waals surface area contributed by atoms with Crippen LogP contribution >= 0.6 is 11.3 Å². The molecule has 27 heavy (non-hydrogen) atoms. The van der Waals surface area contributed by atoms with Crippen LogP contribution in [-0.2, 0) is 4.74 Å². The van der Waals surface area contributed by atoms with Crippen molar-refractivity contribution in [3.05, 3.63) is 70.4 Å². The van der Waals surface area contributed by atoms with Crippen LogP contribution in [0.1, 0.15) is 18.5 Å². The number of pyridine rings is 1. The summed E-state index contributed by atoms with van der Waals surface area (Å²) in [6, 6.07) is 12.1. The van der Waals surface area contributed by atoms with Crippen molar-refractivity contribution < 1.29 is 9.13 Å². The molecule has 0 amide bonds. The average Bonchev–Trinajstić information content (AvgIpc) is 3.35. The SMILES string of the molecule is Fc1cccc(-c2csc(=NC[C@H]3CCCO3)n2/N=C\c2ccccn2)c1. The highest BCUT2D eigenvalue weighted by atomic mass is 32.1. The quantitative estimate of drug-likeness (QED) is 0.632. The lowest BCUT2D eigenvalue weighted by atomic mass is 10.2. The van der Waals surface area contributed by atoms with E-state index in [9.17, 15) is 4.39 Å². The molecule has 1 aromatic carbocycles. The summed E-state index contributed by atoms with van der Waals surface area (Å²) in [6.07, 6.45) is 5.67. The standard InChI is InChI=1S/C20H19FN4OS/c21-16-6-3-5-15(11-16)19-14-27-20(23-13-18-8-4-10-26-18)25(19)24-12-17-7-1-2-9-22-17/h1-3,5-7,9,11-12,14,18H,4,8,10,13H2/b23-20?,24-12-/t18-/m1/s1. The van der Waals surface area contributed by atoms with Gasteiger partial charge in [0.05, 0.1) is 30.3 Å². The Bertz CT molecular complexity index is 990. The number of hydrogen-bond donors (Lipinski definition) is 0. The minimum Gasteiger partial charge on any atom is -0.376 e. The highest BCUT2D eigenvalue weighted by Crippen LogP contribution is 2.21. The van der Waals surface area contributed by atoms with E-state index < -0.39 is 0 Å². The van der Waals surface area contributed by atoms with Crippen LogP contribution in [0.5, 0.6) is 0 Å². The molecule has 0 unspecified atom stereocenters. The summed E-state index contributed by atoms with van der Waals surface area (Å²) in [4.78, 5) is 9.71. The molecule has 1 saturated heterocycles. The van der Waals surface area contributed by atoms with E-state index in [0.29, 0.717) is 6.54 Å². The van der Waals surface area contributed by atoms with Crippen molar-refractivity contribution in [1.82, 2.24) is 9.66 Å². The molecule has 3 heterocycles. The molecule has 0 bridgehead atoms. The number of ether oxygens (including phenoxy) is 1. The van der Waals surface area contributed by atoms with Crippen molar-refractivity contribution in [2.75, 3.05) is 13.2 Å². The van der Waals surface area contributed by atoms with Crippen molar-refractivity contribution >= 4 is 17.6 Å². The van der Waals surface area contributed by atoms with E-state index in [-0.39, 0.29) is 11.9 Å². The van der Waals surface area contributed by atoms with E-state index in [2.05, 4.69) is 10.1 Å². The van der Waals surface area contributed by atoms with Crippen molar-refractivity contribution in [2.45, 2.75) is 18.9 Å². The van der Waals surface area contributed by atoms with Crippen LogP contribution in [0.3, 0.4) is 0 Å². The summed E-state index contributed by atoms with van der Waals surface area (Å²) >= 11 is 1.48. The third-order valence-corrected chi connectivity index (χ3v) is 5.11. The molecule has 4 rings (SSSR count). The van der Waals surface area contributed by atoms with Crippen LogP contribution in [0.25, 0.3) is 11.3 Å². The second kappa shape index (κ2) is 8.37. The maximum Gasteiger partial charge on any atom is 0.206 e. The minimum atomic E-state index is -0.281. The van der Waals surface area contributed by atoms with Gasteiger partial charge in [0.25, 0.3) is 0 Å². The molecule has 138 valence electrons. The highest BCUT2D eigenvalue weighted by molar-refractivity contribution is 7.07. The summed E-state index contributed by atoms with van der Waals surface area (Å²) in [5.41, 5.74) is 2.28. The fraction of sp³-hybridized carbons (Fsp3) is 0.250. The third kappa shape index (κ3) is 4.37. The molecular formula is C20H19FN4OS. The van der Waals surface area contributed by atoms with Gasteiger partial charge in [0.2, 0.25) is 4.80 Å². The highest BCUT2D eigenvalue weighted by Gasteiger charge is 2.15. The summed E-state index contributed by atoms with van der Waals surface area (Å²) < 4.78 is 21.1. The second-order valence-electron chi connectivity index (χ2n) is 6.20. The molecule has 0 saturated carbocycles. The van der Waals surface area contributed by atoms with Crippen LogP contribution in [-0.4, -0.2) is 35.1 Å². The predicted molar refractivity (Wildman–Crippen MR) is 104 cm³/mol. The smallest absolute Gasteiger partial charge is 0.206 e. The summed E-state index contributed by atoms with van der Waals surface area (Å²) in [6.45, 7) is 1.40. The number of hydrogen-bond acceptors (Lipinski definition) is 5. The van der Waals surface area contributed by atoms with Crippen molar-refractivity contribution in [2.24, 2.45) is 10.1 Å². The Morgan fingerprint density at radius 2 is 2.26 bits per heavy atom. The topological polar surface area (TPSA) is 51.8 Å². The molecular weight excluding hydrogens is 363 g/mol. The van der Waals surface area contributed by atoms with Gasteiger partial charge in [-0.1, -0.05) is 18.2 Å². The van der Waals surface area contributed by atoms with E-state index in [1.54, 1.807) is 23.2 Å². The van der Waals surface area contributed by atoms with Crippen LogP contribution < -0.4 is 4.80 Å². The Morgan fingerprint density at radius 1 is 1.30 bits per heavy atom. The summed E-state index contributed by atoms with van der Waals surface area (Å²) in [7, 11) is 0. The van der Waals surface area contributed by atoms with E-state index in [0.717, 1.165) is 41.2 Å². The minimum absolute atomic E-state index is 0.165. The number of halogens is 1. The van der Waals surface area contributed by atoms with E-state index in [1.165, 1.54) is 23.5 Å². The van der Waals surface area contributed by atoms with Crippen LogP contribution in [0.4, 0.5) is 4.39 Å². The van der Waals surface area contributed by atoms with Gasteiger partial charge < -0.3 is 4.74 Å². The maximum atomic E-state index is 13.7. The first-order valence-corrected chi connectivity index (χ1v) is 9.71. The van der Waals surface area contributed by atoms with Crippen LogP contribution in [0, 0.1) is 5.82 Å². The molecule has 0 radical (unpaired) electrons. The molecule has 1 fully saturated rings. The largest absolute Gasteiger partial charge is 0.376 e. The fourth-order valence-electron chi connectivity index (χ4n) is 2.90. The van der Waals surface area contributed by atoms with Gasteiger partial charge in [0, 0.05) is 23.7 Å². The van der Waals surface area contributed by atoms with Crippen molar-refractivity contribution in [3.63, 3.8) is 0 Å². The van der Waals surface area contributed by atoms with Gasteiger partial charge in [-0.15, -0.1) is 11.3 Å². The molecule has 1 aliphatic rings. The molecule has 3 aromatic rings. The summed E-state index contributed by atoms with van der Waals surface area (Å²) in [5, 5.41) is 6.51. The van der Waals surface area contributed by atoms with Crippen LogP contribution in [0.15, 0.2) is 64.1 Å². The molecule has 2 aromatic heterocycles. The molecule has 5 nitrogen and oxygen atoms in total. The first kappa shape index (κ1) is 17.8. The van der Waals surface area contributed by atoms with E-state index in [4.69, 9.17) is 9.73 Å². The Kier molecular flexibility index (Phi) is 5.50. The molecule has 7 heteroatoms. The Hall–Kier alpha value is -2.64. The van der Waals surface area contributed by atoms with Gasteiger partial charge in [-0.3, -0.25) is 9.98 Å². The Labute approximate surface area is 160 Å². The van der Waals surface area contributed by atoms with Crippen molar-refractivity contribution in [1.29, 1.82) is 0 Å². The predicted octanol–water partition coefficient (Wildman–Crippen LogP) is 3.71. The Balaban J connectivity index is 1.72. The zero-order valence-electron chi connectivity index (χ0n) is 14.7. The lowest BCUT2D eigenvalue weighted by molar-refractivity contribution is 0.117. The van der Waals surface area contributed by atoms with Crippen molar-refractivity contribution in [3.8, 4) is 11.3 Å². The van der Waals surface area contributed by atoms with Gasteiger partial charge >= 0.3 is 0 Å². The van der Waals surface area contributed by atoms with E-state index in [1.807, 2.05) is 29.6 Å². The van der Waals surface area contributed by atoms with Crippen LogP contribution in [0.2, 0.25) is 0 Å². The zero-order chi connectivity index (χ0) is 18.5. The normalized spacial score (nSPS) is 17.8.